The van der Waals surface area contributed by atoms with E-state index in [2.05, 4.69) is 10.6 Å². The highest BCUT2D eigenvalue weighted by molar-refractivity contribution is 7.80. The van der Waals surface area contributed by atoms with E-state index in [1.54, 1.807) is 0 Å². The Kier molecular flexibility index (Phi) is 8.62. The molecule has 10 heteroatoms. The summed E-state index contributed by atoms with van der Waals surface area (Å²) in [5.41, 5.74) is 0. The zero-order valence-corrected chi connectivity index (χ0v) is 18.7. The van der Waals surface area contributed by atoms with Crippen molar-refractivity contribution in [2.45, 2.75) is 66.5 Å². The fourth-order valence-corrected chi connectivity index (χ4v) is 3.77. The lowest BCUT2D eigenvalue weighted by Crippen LogP contribution is -2.39. The van der Waals surface area contributed by atoms with E-state index in [4.69, 9.17) is 24.4 Å². The minimum atomic E-state index is -0.417. The van der Waals surface area contributed by atoms with Crippen LogP contribution in [-0.4, -0.2) is 55.7 Å². The third-order valence-corrected chi connectivity index (χ3v) is 4.79. The highest BCUT2D eigenvalue weighted by Crippen LogP contribution is 2.18. The van der Waals surface area contributed by atoms with Gasteiger partial charge in [0.25, 0.3) is 0 Å². The highest BCUT2D eigenvalue weighted by Gasteiger charge is 2.39. The van der Waals surface area contributed by atoms with Crippen LogP contribution in [0.15, 0.2) is 0 Å². The highest BCUT2D eigenvalue weighted by atomic mass is 32.1. The van der Waals surface area contributed by atoms with Crippen molar-refractivity contribution in [3.05, 3.63) is 0 Å². The number of thiocarbonyl (C=S) groups is 2. The summed E-state index contributed by atoms with van der Waals surface area (Å²) < 4.78 is 0. The number of nitrogens with zero attached hydrogens (tertiary/aromatic N) is 2. The van der Waals surface area contributed by atoms with Crippen LogP contribution in [0.25, 0.3) is 0 Å². The van der Waals surface area contributed by atoms with Gasteiger partial charge in [-0.1, -0.05) is 27.7 Å². The minimum Gasteiger partial charge on any atom is -0.301 e. The minimum absolute atomic E-state index is 0.168. The fraction of sp³-hybridized carbons (Fsp3) is 0.667. The summed E-state index contributed by atoms with van der Waals surface area (Å²) in [4.78, 5) is 48.1. The summed E-state index contributed by atoms with van der Waals surface area (Å²) in [5, 5.41) is 5.46. The Balaban J connectivity index is 0.000000280. The normalized spacial score (nSPS) is 21.7. The smallest absolute Gasteiger partial charge is 0.249 e. The predicted octanol–water partition coefficient (Wildman–Crippen LogP) is 1.33. The molecular weight excluding hydrogens is 400 g/mol. The van der Waals surface area contributed by atoms with Crippen molar-refractivity contribution in [1.82, 2.24) is 20.4 Å². The third-order valence-electron chi connectivity index (χ3n) is 4.19. The van der Waals surface area contributed by atoms with Crippen LogP contribution in [0.2, 0.25) is 0 Å². The van der Waals surface area contributed by atoms with Gasteiger partial charge in [-0.3, -0.25) is 29.0 Å². The zero-order valence-electron chi connectivity index (χ0n) is 17.1. The topological polar surface area (TPSA) is 98.8 Å². The van der Waals surface area contributed by atoms with Crippen LogP contribution >= 0.6 is 24.4 Å². The van der Waals surface area contributed by atoms with Crippen LogP contribution < -0.4 is 10.6 Å². The molecule has 0 bridgehead atoms. The fourth-order valence-electron chi connectivity index (χ4n) is 3.06. The molecule has 4 amide bonds. The number of carbonyl (C=O) groups is 4. The molecule has 2 saturated heterocycles. The maximum atomic E-state index is 11.4. The second-order valence-corrected chi connectivity index (χ2v) is 8.43. The number of hydrogen-bond acceptors (Lipinski definition) is 6. The number of nitrogens with one attached hydrogen (secondary N) is 2. The van der Waals surface area contributed by atoms with Gasteiger partial charge in [0.15, 0.2) is 10.2 Å². The first kappa shape index (κ1) is 24.1. The molecule has 2 aliphatic rings. The van der Waals surface area contributed by atoms with Crippen molar-refractivity contribution in [2.24, 2.45) is 11.8 Å². The van der Waals surface area contributed by atoms with E-state index in [0.717, 1.165) is 0 Å². The van der Waals surface area contributed by atoms with E-state index >= 15 is 0 Å². The SMILES string of the molecule is CC(=O)N1C(=S)NC(=O)[C@@H]1CC(C)C.CC(=O)N1C(=S)NC(=O)[C@H]1CC(C)C. The van der Waals surface area contributed by atoms with Gasteiger partial charge in [0.2, 0.25) is 23.6 Å². The average Bonchev–Trinajstić information content (AvgIpc) is 2.94. The van der Waals surface area contributed by atoms with Crippen molar-refractivity contribution in [3.8, 4) is 0 Å². The van der Waals surface area contributed by atoms with Crippen LogP contribution in [0, 0.1) is 11.8 Å². The zero-order chi connectivity index (χ0) is 21.8. The van der Waals surface area contributed by atoms with Crippen molar-refractivity contribution < 1.29 is 19.2 Å². The van der Waals surface area contributed by atoms with E-state index in [0.29, 0.717) is 24.7 Å². The van der Waals surface area contributed by atoms with Gasteiger partial charge in [-0.15, -0.1) is 0 Å². The summed E-state index contributed by atoms with van der Waals surface area (Å²) in [6.07, 6.45) is 1.29. The van der Waals surface area contributed by atoms with Crippen molar-refractivity contribution in [1.29, 1.82) is 0 Å². The molecule has 156 valence electrons. The van der Waals surface area contributed by atoms with E-state index in [9.17, 15) is 19.2 Å². The van der Waals surface area contributed by atoms with Gasteiger partial charge in [0.1, 0.15) is 12.1 Å². The van der Waals surface area contributed by atoms with Gasteiger partial charge >= 0.3 is 0 Å². The molecule has 0 aromatic heterocycles. The molecule has 2 fully saturated rings. The van der Waals surface area contributed by atoms with Crippen LogP contribution in [0.3, 0.4) is 0 Å². The Bertz CT molecular complexity index is 635. The van der Waals surface area contributed by atoms with Gasteiger partial charge in [-0.25, -0.2) is 0 Å². The molecule has 2 heterocycles. The van der Waals surface area contributed by atoms with Gasteiger partial charge in [0, 0.05) is 13.8 Å². The van der Waals surface area contributed by atoms with Crippen LogP contribution in [0.5, 0.6) is 0 Å². The lowest BCUT2D eigenvalue weighted by Gasteiger charge is -2.20. The van der Waals surface area contributed by atoms with Gasteiger partial charge in [0.05, 0.1) is 0 Å². The molecule has 0 radical (unpaired) electrons. The molecule has 2 rings (SSSR count). The Morgan fingerprint density at radius 2 is 1.11 bits per heavy atom. The maximum Gasteiger partial charge on any atom is 0.249 e. The lowest BCUT2D eigenvalue weighted by atomic mass is 10.0. The summed E-state index contributed by atoms with van der Waals surface area (Å²) in [6, 6.07) is -0.833. The van der Waals surface area contributed by atoms with Crippen LogP contribution in [0.1, 0.15) is 54.4 Å². The van der Waals surface area contributed by atoms with Crippen LogP contribution in [-0.2, 0) is 19.2 Å². The quantitative estimate of drug-likeness (QED) is 0.656. The summed E-state index contributed by atoms with van der Waals surface area (Å²) in [7, 11) is 0. The molecule has 0 aromatic rings. The maximum absolute atomic E-state index is 11.4. The van der Waals surface area contributed by atoms with Crippen molar-refractivity contribution >= 4 is 58.3 Å². The van der Waals surface area contributed by atoms with Crippen LogP contribution in [0.4, 0.5) is 0 Å². The van der Waals surface area contributed by atoms with Crippen molar-refractivity contribution in [2.75, 3.05) is 0 Å². The van der Waals surface area contributed by atoms with Crippen molar-refractivity contribution in [3.63, 3.8) is 0 Å². The Morgan fingerprint density at radius 3 is 1.32 bits per heavy atom. The Hall–Kier alpha value is -1.94. The van der Waals surface area contributed by atoms with E-state index in [1.165, 1.54) is 23.6 Å². The monoisotopic (exact) mass is 428 g/mol. The largest absolute Gasteiger partial charge is 0.301 e. The average molecular weight is 429 g/mol. The number of hydrogen-bond donors (Lipinski definition) is 2. The first-order valence-corrected chi connectivity index (χ1v) is 9.97. The van der Waals surface area contributed by atoms with E-state index in [1.807, 2.05) is 27.7 Å². The van der Waals surface area contributed by atoms with Gasteiger partial charge in [-0.05, 0) is 49.1 Å². The van der Waals surface area contributed by atoms with E-state index < -0.39 is 12.1 Å². The Labute approximate surface area is 176 Å². The van der Waals surface area contributed by atoms with E-state index in [-0.39, 0.29) is 33.9 Å². The second kappa shape index (κ2) is 10.0. The molecule has 0 unspecified atom stereocenters. The molecule has 8 nitrogen and oxygen atoms in total. The molecule has 2 atom stereocenters. The van der Waals surface area contributed by atoms with Gasteiger partial charge in [-0.2, -0.15) is 0 Å². The molecule has 0 aromatic carbocycles. The molecule has 0 aliphatic carbocycles. The summed E-state index contributed by atoms with van der Waals surface area (Å²) in [6.45, 7) is 10.9. The molecule has 28 heavy (non-hydrogen) atoms. The summed E-state index contributed by atoms with van der Waals surface area (Å²) >= 11 is 9.79. The standard InChI is InChI=1S/2C9H14N2O2S/c2*1-5(2)4-7-8(13)10-9(14)11(7)6(3)12/h2*5,7H,4H2,1-3H3,(H,10,13,14)/t2*7-/m10/s1. The third kappa shape index (κ3) is 6.03. The second-order valence-electron chi connectivity index (χ2n) is 7.66. The summed E-state index contributed by atoms with van der Waals surface area (Å²) in [5.74, 6) is 0.0119. The first-order valence-electron chi connectivity index (χ1n) is 9.16. The predicted molar refractivity (Wildman–Crippen MR) is 113 cm³/mol. The molecule has 0 spiro atoms. The number of amides is 4. The Morgan fingerprint density at radius 1 is 0.821 bits per heavy atom. The molecule has 2 aliphatic heterocycles. The number of carbonyl (C=O) groups excluding carboxylic acids is 4. The van der Waals surface area contributed by atoms with Gasteiger partial charge < -0.3 is 10.6 Å². The lowest BCUT2D eigenvalue weighted by molar-refractivity contribution is -0.131. The first-order chi connectivity index (χ1) is 12.9. The molecule has 2 N–H and O–H groups in total. The molecule has 0 saturated carbocycles. The molecular formula is C18H28N4O4S2. The number of rotatable bonds is 4.